The fourth-order valence-electron chi connectivity index (χ4n) is 1.25. The lowest BCUT2D eigenvalue weighted by Crippen LogP contribution is -2.37. The predicted molar refractivity (Wildman–Crippen MR) is 80.8 cm³/mol. The van der Waals surface area contributed by atoms with Crippen LogP contribution in [0.4, 0.5) is 0 Å². The molecule has 0 bridgehead atoms. The number of hydrogen-bond donors (Lipinski definition) is 3. The Morgan fingerprint density at radius 3 is 2.56 bits per heavy atom. The zero-order chi connectivity index (χ0) is 13.4. The lowest BCUT2D eigenvalue weighted by molar-refractivity contribution is 0.853. The zero-order valence-corrected chi connectivity index (χ0v) is 11.4. The van der Waals surface area contributed by atoms with Gasteiger partial charge in [-0.15, -0.1) is 0 Å². The highest BCUT2D eigenvalue weighted by Crippen LogP contribution is 2.04. The van der Waals surface area contributed by atoms with Gasteiger partial charge in [0.15, 0.2) is 0 Å². The Bertz CT molecular complexity index is 438. The van der Waals surface area contributed by atoms with E-state index < -0.39 is 0 Å². The normalized spacial score (nSPS) is 11.9. The van der Waals surface area contributed by atoms with Gasteiger partial charge in [-0.1, -0.05) is 50.3 Å². The second-order valence-electron chi connectivity index (χ2n) is 4.02. The van der Waals surface area contributed by atoms with Gasteiger partial charge in [0.05, 0.1) is 5.71 Å². The molecule has 1 aromatic rings. The van der Waals surface area contributed by atoms with Crippen molar-refractivity contribution in [2.75, 3.05) is 0 Å². The number of allylic oxidation sites excluding steroid dienone is 1. The van der Waals surface area contributed by atoms with Gasteiger partial charge >= 0.3 is 0 Å². The van der Waals surface area contributed by atoms with Crippen LogP contribution in [0, 0.1) is 5.92 Å². The molecule has 1 aromatic carbocycles. The molecule has 0 saturated heterocycles. The second-order valence-corrected chi connectivity index (χ2v) is 4.43. The van der Waals surface area contributed by atoms with E-state index in [1.165, 1.54) is 0 Å². The maximum atomic E-state index is 5.16. The first-order valence-electron chi connectivity index (χ1n) is 5.70. The molecule has 0 atom stereocenters. The molecule has 0 aliphatic heterocycles. The van der Waals surface area contributed by atoms with Crippen LogP contribution in [0.15, 0.2) is 41.5 Å². The molecule has 0 saturated carbocycles. The molecule has 0 spiro atoms. The predicted octanol–water partition coefficient (Wildman–Crippen LogP) is 2.05. The van der Waals surface area contributed by atoms with E-state index in [0.29, 0.717) is 5.11 Å². The number of hydrazone groups is 1. The van der Waals surface area contributed by atoms with Crippen molar-refractivity contribution in [1.82, 2.24) is 10.9 Å². The molecule has 0 aliphatic rings. The van der Waals surface area contributed by atoms with Gasteiger partial charge in [0.1, 0.15) is 0 Å². The largest absolute Gasteiger partial charge is 0.300 e. The first kappa shape index (κ1) is 14.3. The number of thiocarbonyl (C=S) groups is 1. The molecule has 1 rings (SSSR count). The van der Waals surface area contributed by atoms with E-state index in [9.17, 15) is 0 Å². The molecule has 0 amide bonds. The zero-order valence-electron chi connectivity index (χ0n) is 10.6. The minimum absolute atomic E-state index is 0.290. The topological polar surface area (TPSA) is 62.4 Å². The Kier molecular flexibility index (Phi) is 6.04. The van der Waals surface area contributed by atoms with E-state index in [-0.39, 0.29) is 5.92 Å². The monoisotopic (exact) mass is 262 g/mol. The lowest BCUT2D eigenvalue weighted by Gasteiger charge is -2.07. The average Bonchev–Trinajstić information content (AvgIpc) is 2.39. The van der Waals surface area contributed by atoms with Crippen LogP contribution in [0.25, 0.3) is 6.08 Å². The Labute approximate surface area is 113 Å². The molecular weight excluding hydrogens is 244 g/mol. The van der Waals surface area contributed by atoms with Crippen molar-refractivity contribution in [2.45, 2.75) is 13.8 Å². The summed E-state index contributed by atoms with van der Waals surface area (Å²) in [5, 5.41) is 4.50. The summed E-state index contributed by atoms with van der Waals surface area (Å²) < 4.78 is 0. The highest BCUT2D eigenvalue weighted by Gasteiger charge is 2.01. The van der Waals surface area contributed by atoms with E-state index in [1.54, 1.807) is 0 Å². The molecule has 0 fully saturated rings. The summed E-state index contributed by atoms with van der Waals surface area (Å²) in [7, 11) is 0. The maximum Gasteiger partial charge on any atom is 0.201 e. The summed E-state index contributed by atoms with van der Waals surface area (Å²) in [4.78, 5) is 0. The number of nitrogens with one attached hydrogen (secondary N) is 2. The SMILES string of the molecule is CC(C)C(/C=C\c1ccccc1)=N/NC(=S)NN. The highest BCUT2D eigenvalue weighted by atomic mass is 32.1. The molecule has 0 aliphatic carbocycles. The van der Waals surface area contributed by atoms with Crippen molar-refractivity contribution in [2.24, 2.45) is 16.9 Å². The summed E-state index contributed by atoms with van der Waals surface area (Å²) in [6.07, 6.45) is 3.98. The van der Waals surface area contributed by atoms with Crippen molar-refractivity contribution < 1.29 is 0 Å². The van der Waals surface area contributed by atoms with Crippen molar-refractivity contribution in [3.63, 3.8) is 0 Å². The molecule has 96 valence electrons. The van der Waals surface area contributed by atoms with Gasteiger partial charge in [0.25, 0.3) is 0 Å². The van der Waals surface area contributed by atoms with Crippen LogP contribution < -0.4 is 16.7 Å². The number of nitrogens with zero attached hydrogens (tertiary/aromatic N) is 1. The van der Waals surface area contributed by atoms with Gasteiger partial charge in [-0.3, -0.25) is 10.9 Å². The van der Waals surface area contributed by atoms with Gasteiger partial charge < -0.3 is 0 Å². The molecule has 4 nitrogen and oxygen atoms in total. The first-order valence-corrected chi connectivity index (χ1v) is 6.11. The molecule has 4 N–H and O–H groups in total. The van der Waals surface area contributed by atoms with Gasteiger partial charge in [-0.05, 0) is 29.8 Å². The number of hydrazine groups is 1. The summed E-state index contributed by atoms with van der Waals surface area (Å²) >= 11 is 4.86. The second kappa shape index (κ2) is 7.58. The Morgan fingerprint density at radius 2 is 2.00 bits per heavy atom. The number of rotatable bonds is 4. The molecule has 0 radical (unpaired) electrons. The summed E-state index contributed by atoms with van der Waals surface area (Å²) in [6, 6.07) is 10.1. The Balaban J connectivity index is 2.75. The van der Waals surface area contributed by atoms with Crippen LogP contribution >= 0.6 is 12.2 Å². The van der Waals surface area contributed by atoms with Crippen LogP contribution in [0.2, 0.25) is 0 Å². The number of hydrogen-bond acceptors (Lipinski definition) is 3. The van der Waals surface area contributed by atoms with Gasteiger partial charge in [-0.2, -0.15) is 5.10 Å². The van der Waals surface area contributed by atoms with Crippen molar-refractivity contribution in [1.29, 1.82) is 0 Å². The van der Waals surface area contributed by atoms with Crippen molar-refractivity contribution in [3.8, 4) is 0 Å². The Morgan fingerprint density at radius 1 is 1.33 bits per heavy atom. The molecule has 0 unspecified atom stereocenters. The van der Waals surface area contributed by atoms with Crippen LogP contribution in [0.3, 0.4) is 0 Å². The first-order chi connectivity index (χ1) is 8.63. The van der Waals surface area contributed by atoms with E-state index in [2.05, 4.69) is 29.8 Å². The molecular formula is C13H18N4S. The van der Waals surface area contributed by atoms with Crippen molar-refractivity contribution >= 4 is 29.1 Å². The number of nitrogens with two attached hydrogens (primary N) is 1. The standard InChI is InChI=1S/C13H18N4S/c1-10(2)12(16-17-13(18)15-14)9-8-11-6-4-3-5-7-11/h3-10H,14H2,1-2H3,(H2,15,17,18)/b9-8-,16-12+. The fraction of sp³-hybridized carbons (Fsp3) is 0.231. The quantitative estimate of drug-likeness (QED) is 0.336. The van der Waals surface area contributed by atoms with Gasteiger partial charge in [0, 0.05) is 0 Å². The molecule has 18 heavy (non-hydrogen) atoms. The van der Waals surface area contributed by atoms with E-state index in [0.717, 1.165) is 11.3 Å². The summed E-state index contributed by atoms with van der Waals surface area (Å²) in [5.74, 6) is 5.45. The molecule has 0 aromatic heterocycles. The minimum Gasteiger partial charge on any atom is -0.300 e. The maximum absolute atomic E-state index is 5.16. The van der Waals surface area contributed by atoms with Gasteiger partial charge in [-0.25, -0.2) is 5.84 Å². The highest BCUT2D eigenvalue weighted by molar-refractivity contribution is 7.80. The lowest BCUT2D eigenvalue weighted by atomic mass is 10.1. The fourth-order valence-corrected chi connectivity index (χ4v) is 1.30. The van der Waals surface area contributed by atoms with Crippen LogP contribution in [-0.4, -0.2) is 10.8 Å². The van der Waals surface area contributed by atoms with E-state index >= 15 is 0 Å². The van der Waals surface area contributed by atoms with Crippen LogP contribution in [0.5, 0.6) is 0 Å². The smallest absolute Gasteiger partial charge is 0.201 e. The minimum atomic E-state index is 0.290. The third-order valence-corrected chi connectivity index (χ3v) is 2.46. The molecule has 0 heterocycles. The molecule has 5 heteroatoms. The van der Waals surface area contributed by atoms with E-state index in [4.69, 9.17) is 18.1 Å². The Hall–Kier alpha value is -1.72. The summed E-state index contributed by atoms with van der Waals surface area (Å²) in [6.45, 7) is 4.13. The van der Waals surface area contributed by atoms with Gasteiger partial charge in [0.2, 0.25) is 5.11 Å². The van der Waals surface area contributed by atoms with E-state index in [1.807, 2.05) is 42.5 Å². The third kappa shape index (κ3) is 5.07. The van der Waals surface area contributed by atoms with Crippen LogP contribution in [-0.2, 0) is 0 Å². The summed E-state index contributed by atoms with van der Waals surface area (Å²) in [5.41, 5.74) is 7.03. The average molecular weight is 262 g/mol. The third-order valence-electron chi connectivity index (χ3n) is 2.26. The van der Waals surface area contributed by atoms with Crippen LogP contribution in [0.1, 0.15) is 19.4 Å². The number of benzene rings is 1. The van der Waals surface area contributed by atoms with Crippen molar-refractivity contribution in [3.05, 3.63) is 42.0 Å².